The summed E-state index contributed by atoms with van der Waals surface area (Å²) in [6.07, 6.45) is 1.90. The fraction of sp³-hybridized carbons (Fsp3) is 0.273. The molecular formula is C22H23ClN4O5. The van der Waals surface area contributed by atoms with E-state index < -0.39 is 10.8 Å². The van der Waals surface area contributed by atoms with E-state index in [1.165, 1.54) is 18.3 Å². The number of nitrogens with one attached hydrogen (secondary N) is 2. The van der Waals surface area contributed by atoms with E-state index in [1.54, 1.807) is 6.07 Å². The highest BCUT2D eigenvalue weighted by molar-refractivity contribution is 6.34. The molecule has 0 heterocycles. The van der Waals surface area contributed by atoms with Crippen LogP contribution in [0.25, 0.3) is 0 Å². The van der Waals surface area contributed by atoms with Gasteiger partial charge in [-0.3, -0.25) is 14.9 Å². The second-order valence-corrected chi connectivity index (χ2v) is 6.80. The molecule has 2 rings (SSSR count). The first kappa shape index (κ1) is 24.5. The molecule has 2 aromatic rings. The van der Waals surface area contributed by atoms with Crippen LogP contribution in [0, 0.1) is 21.4 Å². The van der Waals surface area contributed by atoms with Gasteiger partial charge in [-0.05, 0) is 44.0 Å². The SMILES string of the molecule is CCOc1ccc(CCN/C=C(/C#N)C(=O)Nc2cc([N+](=O)[O-])ccc2Cl)cc1OCC. The van der Waals surface area contributed by atoms with Crippen LogP contribution >= 0.6 is 11.6 Å². The van der Waals surface area contributed by atoms with E-state index in [-0.39, 0.29) is 22.0 Å². The molecule has 0 aromatic heterocycles. The van der Waals surface area contributed by atoms with Crippen molar-refractivity contribution in [2.75, 3.05) is 25.1 Å². The molecule has 10 heteroatoms. The number of hydrogen-bond donors (Lipinski definition) is 2. The Morgan fingerprint density at radius 1 is 1.19 bits per heavy atom. The zero-order valence-corrected chi connectivity index (χ0v) is 18.4. The number of benzene rings is 2. The van der Waals surface area contributed by atoms with Gasteiger partial charge in [-0.1, -0.05) is 17.7 Å². The number of carbonyl (C=O) groups is 1. The Labute approximate surface area is 190 Å². The maximum absolute atomic E-state index is 12.4. The van der Waals surface area contributed by atoms with E-state index in [9.17, 15) is 20.2 Å². The smallest absolute Gasteiger partial charge is 0.271 e. The molecule has 0 saturated heterocycles. The van der Waals surface area contributed by atoms with Crippen molar-refractivity contribution in [1.29, 1.82) is 5.26 Å². The molecule has 1 amide bonds. The first-order valence-corrected chi connectivity index (χ1v) is 10.2. The molecular weight excluding hydrogens is 436 g/mol. The van der Waals surface area contributed by atoms with Gasteiger partial charge in [0.25, 0.3) is 11.6 Å². The summed E-state index contributed by atoms with van der Waals surface area (Å²) in [7, 11) is 0. The Hall–Kier alpha value is -3.77. The van der Waals surface area contributed by atoms with E-state index in [1.807, 2.05) is 32.0 Å². The van der Waals surface area contributed by atoms with Crippen molar-refractivity contribution in [1.82, 2.24) is 5.32 Å². The Balaban J connectivity index is 1.99. The van der Waals surface area contributed by atoms with Gasteiger partial charge in [0.2, 0.25) is 0 Å². The second-order valence-electron chi connectivity index (χ2n) is 6.40. The molecule has 0 fully saturated rings. The van der Waals surface area contributed by atoms with Crippen molar-refractivity contribution < 1.29 is 19.2 Å². The van der Waals surface area contributed by atoms with E-state index in [2.05, 4.69) is 10.6 Å². The number of hydrogen-bond acceptors (Lipinski definition) is 7. The number of nitro groups is 1. The summed E-state index contributed by atoms with van der Waals surface area (Å²) in [5, 5.41) is 25.7. The third-order valence-electron chi connectivity index (χ3n) is 4.19. The monoisotopic (exact) mass is 458 g/mol. The first-order chi connectivity index (χ1) is 15.4. The lowest BCUT2D eigenvalue weighted by Gasteiger charge is -2.12. The molecule has 9 nitrogen and oxygen atoms in total. The molecule has 32 heavy (non-hydrogen) atoms. The van der Waals surface area contributed by atoms with Crippen LogP contribution < -0.4 is 20.1 Å². The summed E-state index contributed by atoms with van der Waals surface area (Å²) in [6, 6.07) is 11.1. The number of rotatable bonds is 11. The van der Waals surface area contributed by atoms with Crippen LogP contribution in [0.15, 0.2) is 48.2 Å². The van der Waals surface area contributed by atoms with Crippen LogP contribution in [-0.4, -0.2) is 30.6 Å². The maximum Gasteiger partial charge on any atom is 0.271 e. The van der Waals surface area contributed by atoms with Gasteiger partial charge in [-0.25, -0.2) is 0 Å². The number of amides is 1. The number of nitrogens with zero attached hydrogens (tertiary/aromatic N) is 2. The largest absolute Gasteiger partial charge is 0.490 e. The van der Waals surface area contributed by atoms with Gasteiger partial charge in [0.15, 0.2) is 11.5 Å². The molecule has 0 aliphatic rings. The highest BCUT2D eigenvalue weighted by Gasteiger charge is 2.15. The summed E-state index contributed by atoms with van der Waals surface area (Å²) in [6.45, 7) is 5.29. The normalized spacial score (nSPS) is 10.8. The van der Waals surface area contributed by atoms with Gasteiger partial charge in [0.05, 0.1) is 28.8 Å². The molecule has 0 radical (unpaired) electrons. The number of non-ortho nitro benzene ring substituents is 1. The van der Waals surface area contributed by atoms with Gasteiger partial charge >= 0.3 is 0 Å². The number of nitriles is 1. The average molecular weight is 459 g/mol. The van der Waals surface area contributed by atoms with Crippen molar-refractivity contribution >= 4 is 28.9 Å². The zero-order valence-electron chi connectivity index (χ0n) is 17.7. The van der Waals surface area contributed by atoms with Crippen LogP contribution in [-0.2, 0) is 11.2 Å². The van der Waals surface area contributed by atoms with E-state index in [0.717, 1.165) is 11.6 Å². The second kappa shape index (κ2) is 12.2. The van der Waals surface area contributed by atoms with Crippen LogP contribution in [0.3, 0.4) is 0 Å². The molecule has 168 valence electrons. The van der Waals surface area contributed by atoms with Crippen LogP contribution in [0.5, 0.6) is 11.5 Å². The Morgan fingerprint density at radius 2 is 1.91 bits per heavy atom. The zero-order chi connectivity index (χ0) is 23.5. The lowest BCUT2D eigenvalue weighted by molar-refractivity contribution is -0.384. The third kappa shape index (κ3) is 6.89. The molecule has 0 spiro atoms. The van der Waals surface area contributed by atoms with Crippen LogP contribution in [0.2, 0.25) is 5.02 Å². The minimum absolute atomic E-state index is 0.0462. The molecule has 0 unspecified atom stereocenters. The quantitative estimate of drug-likeness (QED) is 0.169. The van der Waals surface area contributed by atoms with E-state index in [4.69, 9.17) is 21.1 Å². The Morgan fingerprint density at radius 3 is 2.56 bits per heavy atom. The van der Waals surface area contributed by atoms with Gasteiger partial charge < -0.3 is 20.1 Å². The van der Waals surface area contributed by atoms with Crippen LogP contribution in [0.4, 0.5) is 11.4 Å². The number of ether oxygens (including phenoxy) is 2. The number of halogens is 1. The summed E-state index contributed by atoms with van der Waals surface area (Å²) >= 11 is 5.98. The van der Waals surface area contributed by atoms with E-state index >= 15 is 0 Å². The highest BCUT2D eigenvalue weighted by atomic mass is 35.5. The minimum atomic E-state index is -0.734. The number of anilines is 1. The molecule has 0 aliphatic heterocycles. The van der Waals surface area contributed by atoms with Gasteiger partial charge in [-0.2, -0.15) is 5.26 Å². The molecule has 0 saturated carbocycles. The molecule has 2 N–H and O–H groups in total. The first-order valence-electron chi connectivity index (χ1n) is 9.87. The van der Waals surface area contributed by atoms with E-state index in [0.29, 0.717) is 37.7 Å². The Kier molecular flexibility index (Phi) is 9.32. The fourth-order valence-corrected chi connectivity index (χ4v) is 2.87. The van der Waals surface area contributed by atoms with Crippen LogP contribution in [0.1, 0.15) is 19.4 Å². The standard InChI is InChI=1S/C22H23ClN4O5/c1-3-31-20-8-5-15(11-21(20)32-4-2)9-10-25-14-16(13-24)22(28)26-19-12-17(27(29)30)6-7-18(19)23/h5-8,11-12,14,25H,3-4,9-10H2,1-2H3,(H,26,28)/b16-14-. The van der Waals surface area contributed by atoms with Crippen molar-refractivity contribution in [2.45, 2.75) is 20.3 Å². The predicted octanol–water partition coefficient (Wildman–Crippen LogP) is 4.22. The summed E-state index contributed by atoms with van der Waals surface area (Å²) in [5.41, 5.74) is 0.607. The lowest BCUT2D eigenvalue weighted by atomic mass is 10.1. The third-order valence-corrected chi connectivity index (χ3v) is 4.52. The van der Waals surface area contributed by atoms with Gasteiger partial charge in [-0.15, -0.1) is 0 Å². The Bertz CT molecular complexity index is 1050. The molecule has 2 aromatic carbocycles. The minimum Gasteiger partial charge on any atom is -0.490 e. The summed E-state index contributed by atoms with van der Waals surface area (Å²) in [5.74, 6) is 0.601. The molecule has 0 aliphatic carbocycles. The predicted molar refractivity (Wildman–Crippen MR) is 121 cm³/mol. The van der Waals surface area contributed by atoms with Gasteiger partial charge in [0.1, 0.15) is 11.6 Å². The van der Waals surface area contributed by atoms with Crippen molar-refractivity contribution in [3.05, 3.63) is 68.9 Å². The molecule has 0 atom stereocenters. The maximum atomic E-state index is 12.4. The van der Waals surface area contributed by atoms with Gasteiger partial charge in [0, 0.05) is 24.9 Å². The average Bonchev–Trinajstić information content (AvgIpc) is 2.77. The number of carbonyl (C=O) groups excluding carboxylic acids is 1. The van der Waals surface area contributed by atoms with Crippen molar-refractivity contribution in [2.24, 2.45) is 0 Å². The highest BCUT2D eigenvalue weighted by Crippen LogP contribution is 2.29. The fourth-order valence-electron chi connectivity index (χ4n) is 2.70. The number of nitro benzene ring substituents is 1. The summed E-state index contributed by atoms with van der Waals surface area (Å²) in [4.78, 5) is 22.7. The molecule has 0 bridgehead atoms. The van der Waals surface area contributed by atoms with Crippen molar-refractivity contribution in [3.63, 3.8) is 0 Å². The van der Waals surface area contributed by atoms with Crippen molar-refractivity contribution in [3.8, 4) is 17.6 Å². The topological polar surface area (TPSA) is 127 Å². The summed E-state index contributed by atoms with van der Waals surface area (Å²) < 4.78 is 11.1. The lowest BCUT2D eigenvalue weighted by Crippen LogP contribution is -2.18.